The second-order valence-electron chi connectivity index (χ2n) is 8.20. The van der Waals surface area contributed by atoms with Crippen molar-refractivity contribution in [3.8, 4) is 5.75 Å². The molecule has 1 aromatic heterocycles. The van der Waals surface area contributed by atoms with Gasteiger partial charge in [0, 0.05) is 12.0 Å². The van der Waals surface area contributed by atoms with Gasteiger partial charge in [-0.05, 0) is 56.4 Å². The second-order valence-corrected chi connectivity index (χ2v) is 10.4. The first-order chi connectivity index (χ1) is 13.8. The first-order valence-corrected chi connectivity index (χ1v) is 11.9. The molecule has 2 aliphatic rings. The van der Waals surface area contributed by atoms with Crippen molar-refractivity contribution in [2.45, 2.75) is 51.5 Å². The van der Waals surface area contributed by atoms with Crippen molar-refractivity contribution in [3.63, 3.8) is 0 Å². The molecule has 1 saturated carbocycles. The molecule has 1 atom stereocenters. The van der Waals surface area contributed by atoms with E-state index >= 15 is 0 Å². The minimum absolute atomic E-state index is 0.0808. The maximum absolute atomic E-state index is 12.5. The minimum Gasteiger partial charge on any atom is -0.493 e. The number of amides is 1. The highest BCUT2D eigenvalue weighted by molar-refractivity contribution is 7.91. The zero-order valence-electron chi connectivity index (χ0n) is 16.8. The van der Waals surface area contributed by atoms with Gasteiger partial charge < -0.3 is 10.1 Å². The quantitative estimate of drug-likeness (QED) is 0.747. The van der Waals surface area contributed by atoms with E-state index in [0.29, 0.717) is 18.2 Å². The largest absolute Gasteiger partial charge is 0.493 e. The molecule has 8 heteroatoms. The molecule has 0 spiro atoms. The standard InChI is InChI=1S/C21H27N3O4S/c1-14-9-15(2)11-18(10-14)28-7-5-21(25)22-20-12-19(16-3-4-16)23-24(20)17-6-8-29(26,27)13-17/h9-12,16-17H,3-8,13H2,1-2H3,(H,22,25)/t17-/m1/s1. The summed E-state index contributed by atoms with van der Waals surface area (Å²) in [5.41, 5.74) is 3.18. The Morgan fingerprint density at radius 1 is 1.17 bits per heavy atom. The average Bonchev–Trinajstić information content (AvgIpc) is 3.29. The molecule has 1 aromatic carbocycles. The van der Waals surface area contributed by atoms with Gasteiger partial charge >= 0.3 is 0 Å². The summed E-state index contributed by atoms with van der Waals surface area (Å²) in [7, 11) is -3.03. The van der Waals surface area contributed by atoms with E-state index in [-0.39, 0.29) is 36.5 Å². The van der Waals surface area contributed by atoms with Crippen LogP contribution in [0.2, 0.25) is 0 Å². The van der Waals surface area contributed by atoms with Crippen molar-refractivity contribution < 1.29 is 17.9 Å². The SMILES string of the molecule is Cc1cc(C)cc(OCCC(=O)Nc2cc(C3CC3)nn2[C@@H]2CCS(=O)(=O)C2)c1. The molecule has 2 fully saturated rings. The van der Waals surface area contributed by atoms with E-state index in [9.17, 15) is 13.2 Å². The number of aryl methyl sites for hydroxylation is 2. The average molecular weight is 418 g/mol. The number of aromatic nitrogens is 2. The van der Waals surface area contributed by atoms with Crippen molar-refractivity contribution in [3.05, 3.63) is 41.1 Å². The molecular weight excluding hydrogens is 390 g/mol. The van der Waals surface area contributed by atoms with Gasteiger partial charge in [-0.15, -0.1) is 0 Å². The Morgan fingerprint density at radius 2 is 1.90 bits per heavy atom. The fourth-order valence-corrected chi connectivity index (χ4v) is 5.51. The van der Waals surface area contributed by atoms with Crippen LogP contribution in [0.15, 0.2) is 24.3 Å². The molecule has 1 amide bonds. The van der Waals surface area contributed by atoms with E-state index in [1.54, 1.807) is 4.68 Å². The summed E-state index contributed by atoms with van der Waals surface area (Å²) in [6, 6.07) is 7.65. The first-order valence-electron chi connectivity index (χ1n) is 10.1. The third-order valence-electron chi connectivity index (χ3n) is 5.37. The maximum atomic E-state index is 12.5. The molecule has 0 radical (unpaired) electrons. The van der Waals surface area contributed by atoms with Gasteiger partial charge in [0.25, 0.3) is 0 Å². The molecule has 4 rings (SSSR count). The van der Waals surface area contributed by atoms with E-state index in [1.807, 2.05) is 32.0 Å². The van der Waals surface area contributed by atoms with Gasteiger partial charge in [-0.1, -0.05) is 6.07 Å². The normalized spacial score (nSPS) is 20.6. The summed E-state index contributed by atoms with van der Waals surface area (Å²) in [5, 5.41) is 7.54. The number of benzene rings is 1. The lowest BCUT2D eigenvalue weighted by Gasteiger charge is -2.14. The summed E-state index contributed by atoms with van der Waals surface area (Å²) < 4.78 is 31.2. The van der Waals surface area contributed by atoms with Crippen LogP contribution >= 0.6 is 0 Å². The number of sulfone groups is 1. The number of anilines is 1. The number of hydrogen-bond donors (Lipinski definition) is 1. The van der Waals surface area contributed by atoms with Gasteiger partial charge in [0.05, 0.1) is 36.3 Å². The molecule has 1 aliphatic heterocycles. The molecule has 1 saturated heterocycles. The summed E-state index contributed by atoms with van der Waals surface area (Å²) >= 11 is 0. The molecule has 29 heavy (non-hydrogen) atoms. The number of hydrogen-bond acceptors (Lipinski definition) is 5. The highest BCUT2D eigenvalue weighted by Crippen LogP contribution is 2.41. The molecule has 0 unspecified atom stereocenters. The van der Waals surface area contributed by atoms with Crippen LogP contribution in [-0.2, 0) is 14.6 Å². The van der Waals surface area contributed by atoms with Crippen LogP contribution in [0.4, 0.5) is 5.82 Å². The molecule has 2 aromatic rings. The van der Waals surface area contributed by atoms with E-state index in [4.69, 9.17) is 4.74 Å². The Hall–Kier alpha value is -2.35. The van der Waals surface area contributed by atoms with Gasteiger partial charge in [-0.3, -0.25) is 4.79 Å². The maximum Gasteiger partial charge on any atom is 0.228 e. The second kappa shape index (κ2) is 7.82. The lowest BCUT2D eigenvalue weighted by molar-refractivity contribution is -0.116. The van der Waals surface area contributed by atoms with Crippen LogP contribution in [-0.4, -0.2) is 42.2 Å². The smallest absolute Gasteiger partial charge is 0.228 e. The van der Waals surface area contributed by atoms with Crippen LogP contribution in [0.5, 0.6) is 5.75 Å². The minimum atomic E-state index is -3.03. The predicted octanol–water partition coefficient (Wildman–Crippen LogP) is 3.14. The van der Waals surface area contributed by atoms with Crippen LogP contribution in [0, 0.1) is 13.8 Å². The van der Waals surface area contributed by atoms with E-state index in [2.05, 4.69) is 16.5 Å². The van der Waals surface area contributed by atoms with Gasteiger partial charge in [0.2, 0.25) is 5.91 Å². The van der Waals surface area contributed by atoms with Crippen molar-refractivity contribution in [2.75, 3.05) is 23.4 Å². The number of nitrogens with zero attached hydrogens (tertiary/aromatic N) is 2. The highest BCUT2D eigenvalue weighted by Gasteiger charge is 2.34. The third-order valence-corrected chi connectivity index (χ3v) is 7.12. The first kappa shape index (κ1) is 19.9. The molecule has 0 bridgehead atoms. The molecule has 7 nitrogen and oxygen atoms in total. The summed E-state index contributed by atoms with van der Waals surface area (Å²) in [6.45, 7) is 4.29. The third kappa shape index (κ3) is 4.98. The number of rotatable bonds is 7. The highest BCUT2D eigenvalue weighted by atomic mass is 32.2. The summed E-state index contributed by atoms with van der Waals surface area (Å²) in [6.07, 6.45) is 2.93. The number of nitrogens with one attached hydrogen (secondary N) is 1. The number of ether oxygens (including phenoxy) is 1. The van der Waals surface area contributed by atoms with Crippen LogP contribution in [0.3, 0.4) is 0 Å². The van der Waals surface area contributed by atoms with Crippen LogP contribution in [0.1, 0.15) is 54.5 Å². The topological polar surface area (TPSA) is 90.3 Å². The lowest BCUT2D eigenvalue weighted by Crippen LogP contribution is -2.20. The van der Waals surface area contributed by atoms with Gasteiger partial charge in [0.15, 0.2) is 9.84 Å². The Bertz CT molecular complexity index is 1000. The lowest BCUT2D eigenvalue weighted by atomic mass is 10.1. The summed E-state index contributed by atoms with van der Waals surface area (Å²) in [5.74, 6) is 1.86. The Morgan fingerprint density at radius 3 is 2.52 bits per heavy atom. The van der Waals surface area contributed by atoms with Gasteiger partial charge in [-0.25, -0.2) is 13.1 Å². The Balaban J connectivity index is 1.39. The fraction of sp³-hybridized carbons (Fsp3) is 0.524. The van der Waals surface area contributed by atoms with E-state index < -0.39 is 9.84 Å². The van der Waals surface area contributed by atoms with Crippen molar-refractivity contribution >= 4 is 21.6 Å². The predicted molar refractivity (Wildman–Crippen MR) is 111 cm³/mol. The Kier molecular flexibility index (Phi) is 5.38. The molecule has 1 aliphatic carbocycles. The fourth-order valence-electron chi connectivity index (χ4n) is 3.82. The number of carbonyl (C=O) groups excluding carboxylic acids is 1. The zero-order chi connectivity index (χ0) is 20.6. The van der Waals surface area contributed by atoms with E-state index in [1.165, 1.54) is 0 Å². The molecule has 2 heterocycles. The van der Waals surface area contributed by atoms with Crippen molar-refractivity contribution in [1.29, 1.82) is 0 Å². The molecule has 1 N–H and O–H groups in total. The van der Waals surface area contributed by atoms with E-state index in [0.717, 1.165) is 35.4 Å². The van der Waals surface area contributed by atoms with Gasteiger partial charge in [0.1, 0.15) is 11.6 Å². The van der Waals surface area contributed by atoms with Crippen molar-refractivity contribution in [1.82, 2.24) is 9.78 Å². The van der Waals surface area contributed by atoms with Crippen LogP contribution in [0.25, 0.3) is 0 Å². The number of carbonyl (C=O) groups is 1. The molecule has 156 valence electrons. The zero-order valence-corrected chi connectivity index (χ0v) is 17.7. The monoisotopic (exact) mass is 417 g/mol. The van der Waals surface area contributed by atoms with Crippen LogP contribution < -0.4 is 10.1 Å². The summed E-state index contributed by atoms with van der Waals surface area (Å²) in [4.78, 5) is 12.5. The molecular formula is C21H27N3O4S. The van der Waals surface area contributed by atoms with Gasteiger partial charge in [-0.2, -0.15) is 5.10 Å². The van der Waals surface area contributed by atoms with Crippen molar-refractivity contribution in [2.24, 2.45) is 0 Å². The Labute approximate surface area is 171 Å².